The summed E-state index contributed by atoms with van der Waals surface area (Å²) in [6.07, 6.45) is 5.51. The Morgan fingerprint density at radius 1 is 1.17 bits per heavy atom. The van der Waals surface area contributed by atoms with E-state index in [9.17, 15) is 0 Å². The highest BCUT2D eigenvalue weighted by atomic mass is 35.5. The Morgan fingerprint density at radius 3 is 2.67 bits per heavy atom. The van der Waals surface area contributed by atoms with E-state index in [2.05, 4.69) is 19.8 Å². The molecule has 1 aromatic rings. The molecule has 0 unspecified atom stereocenters. The molecule has 100 valence electrons. The molecular formula is C12H20ClN5. The van der Waals surface area contributed by atoms with Gasteiger partial charge in [-0.3, -0.25) is 0 Å². The molecule has 0 saturated carbocycles. The molecule has 5 nitrogen and oxygen atoms in total. The smallest absolute Gasteiger partial charge is 0.225 e. The predicted octanol–water partition coefficient (Wildman–Crippen LogP) is 0.991. The molecule has 2 heterocycles. The Morgan fingerprint density at radius 2 is 1.94 bits per heavy atom. The molecule has 0 aliphatic carbocycles. The van der Waals surface area contributed by atoms with Crippen LogP contribution in [0.3, 0.4) is 0 Å². The van der Waals surface area contributed by atoms with E-state index in [-0.39, 0.29) is 0 Å². The number of rotatable bonds is 4. The van der Waals surface area contributed by atoms with Crippen LogP contribution >= 0.6 is 11.6 Å². The molecule has 1 aromatic heterocycles. The normalized spacial score (nSPS) is 17.8. The molecule has 0 amide bonds. The molecule has 0 spiro atoms. The first-order valence-electron chi connectivity index (χ1n) is 6.44. The highest BCUT2D eigenvalue weighted by Gasteiger charge is 2.16. The van der Waals surface area contributed by atoms with Gasteiger partial charge in [-0.25, -0.2) is 9.97 Å². The van der Waals surface area contributed by atoms with E-state index in [0.29, 0.717) is 5.02 Å². The van der Waals surface area contributed by atoms with Gasteiger partial charge in [-0.05, 0) is 32.5 Å². The van der Waals surface area contributed by atoms with Crippen molar-refractivity contribution in [1.29, 1.82) is 0 Å². The van der Waals surface area contributed by atoms with Crippen LogP contribution in [0.1, 0.15) is 12.8 Å². The minimum absolute atomic E-state index is 0.582. The fourth-order valence-corrected chi connectivity index (χ4v) is 2.28. The Balaban J connectivity index is 1.90. The molecule has 0 atom stereocenters. The van der Waals surface area contributed by atoms with Crippen LogP contribution in [0.4, 0.5) is 5.95 Å². The summed E-state index contributed by atoms with van der Waals surface area (Å²) in [6.45, 7) is 6.00. The monoisotopic (exact) mass is 269 g/mol. The zero-order valence-corrected chi connectivity index (χ0v) is 11.3. The third-order valence-electron chi connectivity index (χ3n) is 3.16. The summed E-state index contributed by atoms with van der Waals surface area (Å²) >= 11 is 5.80. The van der Waals surface area contributed by atoms with Crippen molar-refractivity contribution in [2.45, 2.75) is 12.8 Å². The maximum atomic E-state index is 5.80. The van der Waals surface area contributed by atoms with E-state index < -0.39 is 0 Å². The second kappa shape index (κ2) is 6.87. The van der Waals surface area contributed by atoms with Crippen LogP contribution in [0.25, 0.3) is 0 Å². The molecule has 18 heavy (non-hydrogen) atoms. The zero-order valence-electron chi connectivity index (χ0n) is 10.6. The van der Waals surface area contributed by atoms with Gasteiger partial charge in [-0.15, -0.1) is 0 Å². The van der Waals surface area contributed by atoms with E-state index in [1.165, 1.54) is 0 Å². The van der Waals surface area contributed by atoms with Gasteiger partial charge in [-0.1, -0.05) is 11.6 Å². The summed E-state index contributed by atoms with van der Waals surface area (Å²) < 4.78 is 0. The number of anilines is 1. The lowest BCUT2D eigenvalue weighted by atomic mass is 10.3. The standard InChI is InChI=1S/C12H20ClN5/c13-11-9-15-12(16-10-11)18-6-2-5-17(7-8-18)4-1-3-14/h9-10H,1-8,14H2. The molecule has 1 saturated heterocycles. The lowest BCUT2D eigenvalue weighted by Gasteiger charge is -2.21. The van der Waals surface area contributed by atoms with Crippen LogP contribution < -0.4 is 10.6 Å². The molecular weight excluding hydrogens is 250 g/mol. The topological polar surface area (TPSA) is 58.3 Å². The molecule has 0 aromatic carbocycles. The number of hydrogen-bond acceptors (Lipinski definition) is 5. The van der Waals surface area contributed by atoms with E-state index >= 15 is 0 Å². The number of halogens is 1. The van der Waals surface area contributed by atoms with Crippen LogP contribution in [0.5, 0.6) is 0 Å². The average Bonchev–Trinajstić information content (AvgIpc) is 2.63. The Kier molecular flexibility index (Phi) is 5.16. The number of aromatic nitrogens is 2. The first-order valence-corrected chi connectivity index (χ1v) is 6.82. The van der Waals surface area contributed by atoms with Crippen molar-refractivity contribution in [3.05, 3.63) is 17.4 Å². The lowest BCUT2D eigenvalue weighted by Crippen LogP contribution is -2.32. The molecule has 2 N–H and O–H groups in total. The number of hydrogen-bond donors (Lipinski definition) is 1. The van der Waals surface area contributed by atoms with Crippen LogP contribution in [-0.2, 0) is 0 Å². The van der Waals surface area contributed by atoms with Gasteiger partial charge in [0.2, 0.25) is 5.95 Å². The average molecular weight is 270 g/mol. The van der Waals surface area contributed by atoms with Crippen molar-refractivity contribution in [3.8, 4) is 0 Å². The van der Waals surface area contributed by atoms with Crippen LogP contribution in [0.15, 0.2) is 12.4 Å². The maximum Gasteiger partial charge on any atom is 0.225 e. The lowest BCUT2D eigenvalue weighted by molar-refractivity contribution is 0.291. The SMILES string of the molecule is NCCCN1CCCN(c2ncc(Cl)cn2)CC1. The van der Waals surface area contributed by atoms with Gasteiger partial charge in [0.15, 0.2) is 0 Å². The van der Waals surface area contributed by atoms with Crippen LogP contribution in [-0.4, -0.2) is 54.1 Å². The first-order chi connectivity index (χ1) is 8.79. The van der Waals surface area contributed by atoms with Gasteiger partial charge in [0.05, 0.1) is 17.4 Å². The van der Waals surface area contributed by atoms with Crippen LogP contribution in [0, 0.1) is 0 Å². The fraction of sp³-hybridized carbons (Fsp3) is 0.667. The van der Waals surface area contributed by atoms with E-state index in [1.54, 1.807) is 12.4 Å². The van der Waals surface area contributed by atoms with Crippen molar-refractivity contribution in [1.82, 2.24) is 14.9 Å². The van der Waals surface area contributed by atoms with Gasteiger partial charge in [0.1, 0.15) is 0 Å². The molecule has 0 bridgehead atoms. The second-order valence-electron chi connectivity index (χ2n) is 4.53. The minimum Gasteiger partial charge on any atom is -0.339 e. The van der Waals surface area contributed by atoms with Crippen molar-refractivity contribution < 1.29 is 0 Å². The fourth-order valence-electron chi connectivity index (χ4n) is 2.18. The maximum absolute atomic E-state index is 5.80. The molecule has 2 rings (SSSR count). The summed E-state index contributed by atoms with van der Waals surface area (Å²) in [6, 6.07) is 0. The summed E-state index contributed by atoms with van der Waals surface area (Å²) in [5.74, 6) is 0.778. The molecule has 1 fully saturated rings. The highest BCUT2D eigenvalue weighted by Crippen LogP contribution is 2.13. The summed E-state index contributed by atoms with van der Waals surface area (Å²) in [5, 5.41) is 0.582. The minimum atomic E-state index is 0.582. The van der Waals surface area contributed by atoms with Crippen LogP contribution in [0.2, 0.25) is 5.02 Å². The van der Waals surface area contributed by atoms with E-state index in [1.807, 2.05) is 0 Å². The van der Waals surface area contributed by atoms with Gasteiger partial charge < -0.3 is 15.5 Å². The molecule has 6 heteroatoms. The number of nitrogens with zero attached hydrogens (tertiary/aromatic N) is 4. The molecule has 0 radical (unpaired) electrons. The van der Waals surface area contributed by atoms with Crippen molar-refractivity contribution in [2.24, 2.45) is 5.73 Å². The van der Waals surface area contributed by atoms with Gasteiger partial charge in [0, 0.05) is 19.6 Å². The van der Waals surface area contributed by atoms with Gasteiger partial charge in [-0.2, -0.15) is 0 Å². The number of nitrogens with two attached hydrogens (primary N) is 1. The largest absolute Gasteiger partial charge is 0.339 e. The summed E-state index contributed by atoms with van der Waals surface area (Å²) in [7, 11) is 0. The van der Waals surface area contributed by atoms with Gasteiger partial charge in [0.25, 0.3) is 0 Å². The quantitative estimate of drug-likeness (QED) is 0.883. The Hall–Kier alpha value is -0.910. The predicted molar refractivity (Wildman–Crippen MR) is 74.0 cm³/mol. The Bertz CT molecular complexity index is 356. The van der Waals surface area contributed by atoms with Crippen molar-refractivity contribution in [3.63, 3.8) is 0 Å². The Labute approximate surface area is 113 Å². The third kappa shape index (κ3) is 3.80. The molecule has 1 aliphatic heterocycles. The summed E-state index contributed by atoms with van der Waals surface area (Å²) in [5.41, 5.74) is 5.55. The second-order valence-corrected chi connectivity index (χ2v) is 4.96. The first kappa shape index (κ1) is 13.5. The highest BCUT2D eigenvalue weighted by molar-refractivity contribution is 6.30. The zero-order chi connectivity index (χ0) is 12.8. The summed E-state index contributed by atoms with van der Waals surface area (Å²) in [4.78, 5) is 13.2. The van der Waals surface area contributed by atoms with Crippen molar-refractivity contribution in [2.75, 3.05) is 44.2 Å². The van der Waals surface area contributed by atoms with Gasteiger partial charge >= 0.3 is 0 Å². The van der Waals surface area contributed by atoms with Crippen molar-refractivity contribution >= 4 is 17.5 Å². The third-order valence-corrected chi connectivity index (χ3v) is 3.35. The molecule has 1 aliphatic rings. The van der Waals surface area contributed by atoms with E-state index in [0.717, 1.165) is 58.1 Å². The van der Waals surface area contributed by atoms with E-state index in [4.69, 9.17) is 17.3 Å².